The van der Waals surface area contributed by atoms with Crippen LogP contribution < -0.4 is 11.5 Å². The van der Waals surface area contributed by atoms with E-state index in [1.54, 1.807) is 12.1 Å². The number of amides is 1. The minimum atomic E-state index is -0.600. The summed E-state index contributed by atoms with van der Waals surface area (Å²) >= 11 is 5.92. The molecular formula is C18H14ClN3O. The Balaban J connectivity index is 2.23. The molecule has 4 N–H and O–H groups in total. The Kier molecular flexibility index (Phi) is 4.00. The zero-order valence-corrected chi connectivity index (χ0v) is 12.9. The molecule has 5 heteroatoms. The van der Waals surface area contributed by atoms with Gasteiger partial charge in [0.05, 0.1) is 11.3 Å². The van der Waals surface area contributed by atoms with Gasteiger partial charge in [0.1, 0.15) is 5.82 Å². The molecule has 0 aliphatic carbocycles. The lowest BCUT2D eigenvalue weighted by Crippen LogP contribution is -2.16. The SMILES string of the molecule is NC(=O)c1c(-c2ccccc2)cc(-c2ccc(Cl)cc2)nc1N. The van der Waals surface area contributed by atoms with Gasteiger partial charge in [-0.2, -0.15) is 0 Å². The van der Waals surface area contributed by atoms with E-state index < -0.39 is 5.91 Å². The predicted octanol–water partition coefficient (Wildman–Crippen LogP) is 3.75. The summed E-state index contributed by atoms with van der Waals surface area (Å²) in [6.45, 7) is 0. The van der Waals surface area contributed by atoms with E-state index in [4.69, 9.17) is 23.1 Å². The molecule has 0 saturated heterocycles. The maximum absolute atomic E-state index is 11.8. The van der Waals surface area contributed by atoms with E-state index in [9.17, 15) is 4.79 Å². The fraction of sp³-hybridized carbons (Fsp3) is 0. The Morgan fingerprint density at radius 3 is 2.22 bits per heavy atom. The van der Waals surface area contributed by atoms with Gasteiger partial charge in [0.25, 0.3) is 5.91 Å². The van der Waals surface area contributed by atoms with Crippen molar-refractivity contribution >= 4 is 23.3 Å². The van der Waals surface area contributed by atoms with E-state index in [1.807, 2.05) is 48.5 Å². The summed E-state index contributed by atoms with van der Waals surface area (Å²) in [5.41, 5.74) is 14.7. The lowest BCUT2D eigenvalue weighted by Gasteiger charge is -2.12. The number of rotatable bonds is 3. The molecule has 2 aromatic carbocycles. The van der Waals surface area contributed by atoms with Crippen molar-refractivity contribution in [2.45, 2.75) is 0 Å². The number of halogens is 1. The third-order valence-electron chi connectivity index (χ3n) is 3.52. The molecule has 1 heterocycles. The predicted molar refractivity (Wildman–Crippen MR) is 93.0 cm³/mol. The van der Waals surface area contributed by atoms with Crippen LogP contribution in [0.15, 0.2) is 60.7 Å². The second kappa shape index (κ2) is 6.10. The molecule has 4 nitrogen and oxygen atoms in total. The van der Waals surface area contributed by atoms with Crippen LogP contribution in [0.4, 0.5) is 5.82 Å². The molecule has 114 valence electrons. The van der Waals surface area contributed by atoms with E-state index in [1.165, 1.54) is 0 Å². The summed E-state index contributed by atoms with van der Waals surface area (Å²) in [5.74, 6) is -0.486. The summed E-state index contributed by atoms with van der Waals surface area (Å²) in [5, 5.41) is 0.638. The van der Waals surface area contributed by atoms with Gasteiger partial charge in [-0.1, -0.05) is 54.1 Å². The molecule has 0 aliphatic rings. The maximum atomic E-state index is 11.8. The van der Waals surface area contributed by atoms with Gasteiger partial charge in [0.2, 0.25) is 0 Å². The number of hydrogen-bond acceptors (Lipinski definition) is 3. The molecule has 0 bridgehead atoms. The van der Waals surface area contributed by atoms with Crippen molar-refractivity contribution in [3.8, 4) is 22.4 Å². The highest BCUT2D eigenvalue weighted by Gasteiger charge is 2.17. The quantitative estimate of drug-likeness (QED) is 0.770. The van der Waals surface area contributed by atoms with Gasteiger partial charge in [-0.3, -0.25) is 4.79 Å². The minimum absolute atomic E-state index is 0.115. The fourth-order valence-electron chi connectivity index (χ4n) is 2.44. The van der Waals surface area contributed by atoms with Crippen LogP contribution in [0.3, 0.4) is 0 Å². The number of primary amides is 1. The van der Waals surface area contributed by atoms with Crippen molar-refractivity contribution in [2.24, 2.45) is 5.73 Å². The molecule has 1 aromatic heterocycles. The molecule has 0 radical (unpaired) electrons. The zero-order chi connectivity index (χ0) is 16.4. The molecule has 3 aromatic rings. The van der Waals surface area contributed by atoms with E-state index in [-0.39, 0.29) is 11.4 Å². The van der Waals surface area contributed by atoms with Crippen LogP contribution in [0.2, 0.25) is 5.02 Å². The lowest BCUT2D eigenvalue weighted by molar-refractivity contribution is 0.100. The Morgan fingerprint density at radius 2 is 1.61 bits per heavy atom. The average Bonchev–Trinajstić information content (AvgIpc) is 2.55. The minimum Gasteiger partial charge on any atom is -0.383 e. The first-order chi connectivity index (χ1) is 11.1. The standard InChI is InChI=1S/C18H14ClN3O/c19-13-8-6-12(7-9-13)15-10-14(11-4-2-1-3-5-11)16(18(21)23)17(20)22-15/h1-10H,(H2,20,22)(H2,21,23). The maximum Gasteiger partial charge on any atom is 0.253 e. The molecule has 1 amide bonds. The Labute approximate surface area is 138 Å². The van der Waals surface area contributed by atoms with Crippen LogP contribution in [-0.2, 0) is 0 Å². The van der Waals surface area contributed by atoms with Crippen molar-refractivity contribution in [1.82, 2.24) is 4.98 Å². The van der Waals surface area contributed by atoms with Gasteiger partial charge in [0, 0.05) is 16.1 Å². The molecule has 23 heavy (non-hydrogen) atoms. The smallest absolute Gasteiger partial charge is 0.253 e. The Morgan fingerprint density at radius 1 is 0.957 bits per heavy atom. The van der Waals surface area contributed by atoms with Crippen molar-refractivity contribution in [3.05, 3.63) is 71.2 Å². The number of carbonyl (C=O) groups is 1. The van der Waals surface area contributed by atoms with Gasteiger partial charge in [-0.05, 0) is 23.8 Å². The molecule has 0 saturated carbocycles. The normalized spacial score (nSPS) is 10.5. The number of pyridine rings is 1. The number of aromatic nitrogens is 1. The van der Waals surface area contributed by atoms with Crippen LogP contribution in [0, 0.1) is 0 Å². The molecule has 0 unspecified atom stereocenters. The second-order valence-corrected chi connectivity index (χ2v) is 5.49. The van der Waals surface area contributed by atoms with E-state index in [2.05, 4.69) is 4.98 Å². The molecule has 0 aliphatic heterocycles. The highest BCUT2D eigenvalue weighted by atomic mass is 35.5. The number of carbonyl (C=O) groups excluding carboxylic acids is 1. The highest BCUT2D eigenvalue weighted by Crippen LogP contribution is 2.31. The average molecular weight is 324 g/mol. The van der Waals surface area contributed by atoms with E-state index in [0.717, 1.165) is 11.1 Å². The van der Waals surface area contributed by atoms with Crippen LogP contribution >= 0.6 is 11.6 Å². The summed E-state index contributed by atoms with van der Waals surface area (Å²) in [6, 6.07) is 18.5. The number of nitrogen functional groups attached to an aromatic ring is 1. The first-order valence-corrected chi connectivity index (χ1v) is 7.36. The van der Waals surface area contributed by atoms with Gasteiger partial charge in [-0.15, -0.1) is 0 Å². The number of benzene rings is 2. The summed E-state index contributed by atoms with van der Waals surface area (Å²) < 4.78 is 0. The van der Waals surface area contributed by atoms with Crippen LogP contribution in [0.1, 0.15) is 10.4 Å². The first-order valence-electron chi connectivity index (χ1n) is 6.98. The Hall–Kier alpha value is -2.85. The van der Waals surface area contributed by atoms with Crippen molar-refractivity contribution in [3.63, 3.8) is 0 Å². The van der Waals surface area contributed by atoms with Gasteiger partial charge in [-0.25, -0.2) is 4.98 Å². The third-order valence-corrected chi connectivity index (χ3v) is 3.77. The van der Waals surface area contributed by atoms with Crippen LogP contribution in [0.5, 0.6) is 0 Å². The van der Waals surface area contributed by atoms with Crippen molar-refractivity contribution in [2.75, 3.05) is 5.73 Å². The summed E-state index contributed by atoms with van der Waals surface area (Å²) in [6.07, 6.45) is 0. The van der Waals surface area contributed by atoms with Crippen LogP contribution in [-0.4, -0.2) is 10.9 Å². The van der Waals surface area contributed by atoms with E-state index in [0.29, 0.717) is 16.3 Å². The monoisotopic (exact) mass is 323 g/mol. The Bertz CT molecular complexity index is 861. The lowest BCUT2D eigenvalue weighted by atomic mass is 9.97. The first kappa shape index (κ1) is 15.1. The summed E-state index contributed by atoms with van der Waals surface area (Å²) in [4.78, 5) is 16.1. The van der Waals surface area contributed by atoms with Crippen molar-refractivity contribution in [1.29, 1.82) is 0 Å². The van der Waals surface area contributed by atoms with Crippen molar-refractivity contribution < 1.29 is 4.79 Å². The fourth-order valence-corrected chi connectivity index (χ4v) is 2.56. The topological polar surface area (TPSA) is 82.0 Å². The molecule has 0 atom stereocenters. The zero-order valence-electron chi connectivity index (χ0n) is 12.2. The van der Waals surface area contributed by atoms with Gasteiger partial charge < -0.3 is 11.5 Å². The second-order valence-electron chi connectivity index (χ2n) is 5.05. The van der Waals surface area contributed by atoms with Crippen LogP contribution in [0.25, 0.3) is 22.4 Å². The molecule has 3 rings (SSSR count). The highest BCUT2D eigenvalue weighted by molar-refractivity contribution is 6.30. The number of anilines is 1. The van der Waals surface area contributed by atoms with Gasteiger partial charge >= 0.3 is 0 Å². The number of nitrogens with zero attached hydrogens (tertiary/aromatic N) is 1. The number of nitrogens with two attached hydrogens (primary N) is 2. The third kappa shape index (κ3) is 3.03. The molecular weight excluding hydrogens is 310 g/mol. The largest absolute Gasteiger partial charge is 0.383 e. The summed E-state index contributed by atoms with van der Waals surface area (Å²) in [7, 11) is 0. The van der Waals surface area contributed by atoms with E-state index >= 15 is 0 Å². The molecule has 0 spiro atoms. The number of hydrogen-bond donors (Lipinski definition) is 2. The van der Waals surface area contributed by atoms with Gasteiger partial charge in [0.15, 0.2) is 0 Å². The molecule has 0 fully saturated rings.